The van der Waals surface area contributed by atoms with E-state index in [4.69, 9.17) is 0 Å². The molecule has 30 heavy (non-hydrogen) atoms. The predicted molar refractivity (Wildman–Crippen MR) is 119 cm³/mol. The normalized spacial score (nSPS) is 29.4. The van der Waals surface area contributed by atoms with Crippen molar-refractivity contribution >= 4 is 27.3 Å². The second-order valence-corrected chi connectivity index (χ2v) is 10.6. The Hall–Kier alpha value is -2.47. The van der Waals surface area contributed by atoms with E-state index in [0.29, 0.717) is 11.8 Å². The number of benzene rings is 1. The summed E-state index contributed by atoms with van der Waals surface area (Å²) in [6.07, 6.45) is 8.10. The minimum atomic E-state index is -0.259. The third kappa shape index (κ3) is 3.00. The van der Waals surface area contributed by atoms with E-state index in [1.807, 2.05) is 41.8 Å². The van der Waals surface area contributed by atoms with Crippen molar-refractivity contribution in [3.8, 4) is 11.3 Å². The average Bonchev–Trinajstić information content (AvgIpc) is 3.19. The van der Waals surface area contributed by atoms with Gasteiger partial charge in [-0.25, -0.2) is 5.43 Å². The van der Waals surface area contributed by atoms with E-state index >= 15 is 0 Å². The Bertz CT molecular complexity index is 1140. The fourth-order valence-corrected chi connectivity index (χ4v) is 7.72. The lowest BCUT2D eigenvalue weighted by Gasteiger charge is -2.56. The van der Waals surface area contributed by atoms with E-state index in [9.17, 15) is 9.59 Å². The molecule has 0 unspecified atom stereocenters. The van der Waals surface area contributed by atoms with Gasteiger partial charge in [-0.15, -0.1) is 21.2 Å². The number of thiophene rings is 1. The van der Waals surface area contributed by atoms with Crippen molar-refractivity contribution in [3.05, 3.63) is 52.1 Å². The van der Waals surface area contributed by atoms with Crippen LogP contribution in [0.3, 0.4) is 0 Å². The molecule has 1 amide bonds. The molecule has 4 aliphatic carbocycles. The van der Waals surface area contributed by atoms with Crippen molar-refractivity contribution in [2.75, 3.05) is 5.43 Å². The summed E-state index contributed by atoms with van der Waals surface area (Å²) >= 11 is 1.51. The summed E-state index contributed by atoms with van der Waals surface area (Å²) in [7, 11) is 0. The number of carbonyl (C=O) groups excluding carboxylic acids is 1. The van der Waals surface area contributed by atoms with Crippen molar-refractivity contribution in [1.82, 2.24) is 9.89 Å². The van der Waals surface area contributed by atoms with Gasteiger partial charge in [0.2, 0.25) is 5.91 Å². The number of nitrogens with one attached hydrogen (secondary N) is 1. The molecule has 2 aromatic heterocycles. The summed E-state index contributed by atoms with van der Waals surface area (Å²) in [6, 6.07) is 11.6. The number of fused-ring (bicyclic) bond motifs is 1. The van der Waals surface area contributed by atoms with Crippen LogP contribution in [0.4, 0.5) is 0 Å². The molecule has 4 bridgehead atoms. The monoisotopic (exact) mass is 419 g/mol. The van der Waals surface area contributed by atoms with Crippen molar-refractivity contribution < 1.29 is 4.79 Å². The zero-order valence-corrected chi connectivity index (χ0v) is 17.7. The van der Waals surface area contributed by atoms with E-state index in [1.54, 1.807) is 0 Å². The van der Waals surface area contributed by atoms with Gasteiger partial charge in [-0.2, -0.15) is 0 Å². The van der Waals surface area contributed by atoms with Gasteiger partial charge in [0.05, 0.1) is 10.1 Å². The average molecular weight is 420 g/mol. The largest absolute Gasteiger partial charge is 0.295 e. The number of nitrogens with zero attached hydrogens (tertiary/aromatic N) is 2. The third-order valence-electron chi connectivity index (χ3n) is 7.48. The van der Waals surface area contributed by atoms with Gasteiger partial charge in [0.15, 0.2) is 0 Å². The minimum Gasteiger partial charge on any atom is -0.273 e. The fraction of sp³-hybridized carbons (Fsp3) is 0.458. The first-order valence-electron chi connectivity index (χ1n) is 10.9. The van der Waals surface area contributed by atoms with Gasteiger partial charge >= 0.3 is 0 Å². The molecule has 6 heteroatoms. The molecule has 0 radical (unpaired) electrons. The SMILES string of the molecule is O=C(CC12CC3CC(CC(C3)C1)C2)Nn1nc(-c2ccccc2)c2sccc2c1=O. The Morgan fingerprint density at radius 3 is 2.40 bits per heavy atom. The number of amides is 1. The van der Waals surface area contributed by atoms with Crippen LogP contribution in [0.1, 0.15) is 44.9 Å². The number of hydrogen-bond acceptors (Lipinski definition) is 4. The van der Waals surface area contributed by atoms with Crippen LogP contribution in [-0.2, 0) is 4.79 Å². The van der Waals surface area contributed by atoms with Gasteiger partial charge in [0.25, 0.3) is 5.56 Å². The highest BCUT2D eigenvalue weighted by Crippen LogP contribution is 2.61. The van der Waals surface area contributed by atoms with Crippen LogP contribution >= 0.6 is 11.3 Å². The second kappa shape index (κ2) is 6.77. The smallest absolute Gasteiger partial charge is 0.273 e. The van der Waals surface area contributed by atoms with Gasteiger partial charge in [0, 0.05) is 12.0 Å². The molecule has 2 heterocycles. The van der Waals surface area contributed by atoms with Crippen LogP contribution in [0.5, 0.6) is 0 Å². The predicted octanol–water partition coefficient (Wildman–Crippen LogP) is 4.80. The highest BCUT2D eigenvalue weighted by atomic mass is 32.1. The van der Waals surface area contributed by atoms with Crippen molar-refractivity contribution in [1.29, 1.82) is 0 Å². The molecule has 0 saturated heterocycles. The molecule has 4 aliphatic rings. The molecule has 7 rings (SSSR count). The summed E-state index contributed by atoms with van der Waals surface area (Å²) in [5.41, 5.74) is 4.38. The van der Waals surface area contributed by atoms with Crippen LogP contribution in [0, 0.1) is 23.2 Å². The first-order chi connectivity index (χ1) is 14.6. The highest BCUT2D eigenvalue weighted by Gasteiger charge is 2.51. The molecule has 0 spiro atoms. The lowest BCUT2D eigenvalue weighted by Crippen LogP contribution is -2.48. The lowest BCUT2D eigenvalue weighted by atomic mass is 9.49. The first kappa shape index (κ1) is 18.3. The van der Waals surface area contributed by atoms with Gasteiger partial charge in [-0.1, -0.05) is 30.3 Å². The summed E-state index contributed by atoms with van der Waals surface area (Å²) in [6.45, 7) is 0. The standard InChI is InChI=1S/C24H25N3O2S/c28-20(14-24-11-15-8-16(12-24)10-17(9-15)13-24)25-27-23(29)19-6-7-30-22(19)21(26-27)18-4-2-1-3-5-18/h1-7,15-17H,8-14H2,(H,25,28). The van der Waals surface area contributed by atoms with Gasteiger partial charge < -0.3 is 0 Å². The van der Waals surface area contributed by atoms with E-state index in [2.05, 4.69) is 10.5 Å². The van der Waals surface area contributed by atoms with E-state index in [-0.39, 0.29) is 16.9 Å². The third-order valence-corrected chi connectivity index (χ3v) is 8.40. The van der Waals surface area contributed by atoms with E-state index in [0.717, 1.165) is 33.7 Å². The summed E-state index contributed by atoms with van der Waals surface area (Å²) < 4.78 is 0.859. The maximum Gasteiger partial charge on any atom is 0.295 e. The Morgan fingerprint density at radius 2 is 1.73 bits per heavy atom. The van der Waals surface area contributed by atoms with Crippen LogP contribution in [0.15, 0.2) is 46.6 Å². The van der Waals surface area contributed by atoms with Gasteiger partial charge in [-0.05, 0) is 73.1 Å². The maximum atomic E-state index is 13.1. The number of carbonyl (C=O) groups is 1. The summed E-state index contributed by atoms with van der Waals surface area (Å²) in [5, 5.41) is 7.07. The number of aromatic nitrogens is 2. The van der Waals surface area contributed by atoms with E-state index < -0.39 is 0 Å². The zero-order chi connectivity index (χ0) is 20.3. The Morgan fingerprint density at radius 1 is 1.07 bits per heavy atom. The molecular formula is C24H25N3O2S. The molecule has 1 N–H and O–H groups in total. The van der Waals surface area contributed by atoms with Crippen molar-refractivity contribution in [2.45, 2.75) is 44.9 Å². The van der Waals surface area contributed by atoms with Gasteiger partial charge in [-0.3, -0.25) is 9.59 Å². The van der Waals surface area contributed by atoms with Crippen LogP contribution in [0.2, 0.25) is 0 Å². The topological polar surface area (TPSA) is 64.0 Å². The molecule has 4 saturated carbocycles. The summed E-state index contributed by atoms with van der Waals surface area (Å²) in [4.78, 5) is 27.2. The van der Waals surface area contributed by atoms with Crippen LogP contribution in [-0.4, -0.2) is 15.8 Å². The van der Waals surface area contributed by atoms with Gasteiger partial charge in [0.1, 0.15) is 5.69 Å². The molecule has 0 aliphatic heterocycles. The Labute approximate surface area is 179 Å². The molecular weight excluding hydrogens is 394 g/mol. The highest BCUT2D eigenvalue weighted by molar-refractivity contribution is 7.17. The molecule has 4 fully saturated rings. The number of hydrogen-bond donors (Lipinski definition) is 1. The van der Waals surface area contributed by atoms with E-state index in [1.165, 1.54) is 54.7 Å². The minimum absolute atomic E-state index is 0.0832. The lowest BCUT2D eigenvalue weighted by molar-refractivity contribution is -0.125. The zero-order valence-electron chi connectivity index (χ0n) is 16.8. The van der Waals surface area contributed by atoms with Crippen molar-refractivity contribution in [2.24, 2.45) is 23.2 Å². The Balaban J connectivity index is 1.31. The summed E-state index contributed by atoms with van der Waals surface area (Å²) in [5.74, 6) is 2.32. The molecule has 154 valence electrons. The second-order valence-electron chi connectivity index (χ2n) is 9.72. The maximum absolute atomic E-state index is 13.1. The molecule has 3 aromatic rings. The fourth-order valence-electron chi connectivity index (χ4n) is 6.83. The molecule has 0 atom stereocenters. The number of rotatable bonds is 4. The van der Waals surface area contributed by atoms with Crippen molar-refractivity contribution in [3.63, 3.8) is 0 Å². The Kier molecular flexibility index (Phi) is 4.13. The quantitative estimate of drug-likeness (QED) is 0.661. The molecule has 1 aromatic carbocycles. The molecule has 5 nitrogen and oxygen atoms in total. The van der Waals surface area contributed by atoms with Crippen LogP contribution < -0.4 is 11.0 Å². The van der Waals surface area contributed by atoms with Crippen LogP contribution in [0.25, 0.3) is 21.3 Å². The first-order valence-corrected chi connectivity index (χ1v) is 11.8.